The Morgan fingerprint density at radius 3 is 2.85 bits per heavy atom. The maximum atomic E-state index is 14.2. The zero-order chi connectivity index (χ0) is 19.1. The molecule has 0 spiro atoms. The summed E-state index contributed by atoms with van der Waals surface area (Å²) in [7, 11) is 1.63. The lowest BCUT2D eigenvalue weighted by Crippen LogP contribution is -2.13. The molecule has 136 valence electrons. The van der Waals surface area contributed by atoms with E-state index in [2.05, 4.69) is 32.3 Å². The lowest BCUT2D eigenvalue weighted by atomic mass is 10.0. The topological polar surface area (TPSA) is 96.7 Å². The first-order valence-corrected chi connectivity index (χ1v) is 8.73. The van der Waals surface area contributed by atoms with E-state index < -0.39 is 5.91 Å². The molecule has 0 bridgehead atoms. The molecule has 0 atom stereocenters. The van der Waals surface area contributed by atoms with Gasteiger partial charge >= 0.3 is 0 Å². The van der Waals surface area contributed by atoms with E-state index in [1.165, 1.54) is 6.20 Å². The van der Waals surface area contributed by atoms with Crippen molar-refractivity contribution in [1.29, 1.82) is 0 Å². The molecule has 1 saturated carbocycles. The van der Waals surface area contributed by atoms with E-state index in [0.717, 1.165) is 12.8 Å². The van der Waals surface area contributed by atoms with Gasteiger partial charge in [-0.3, -0.25) is 14.9 Å². The molecular formula is C19H15ClFN5O. The normalized spacial score (nSPS) is 13.3. The van der Waals surface area contributed by atoms with Crippen LogP contribution < -0.4 is 11.1 Å². The Bertz CT molecular complexity index is 1140. The van der Waals surface area contributed by atoms with Crippen LogP contribution in [0.3, 0.4) is 0 Å². The molecule has 4 N–H and O–H groups in total. The summed E-state index contributed by atoms with van der Waals surface area (Å²) in [4.78, 5) is 15.8. The molecule has 1 aliphatic carbocycles. The fourth-order valence-corrected chi connectivity index (χ4v) is 3.29. The number of anilines is 1. The highest BCUT2D eigenvalue weighted by molar-refractivity contribution is 6.32. The first kappa shape index (κ1) is 17.3. The second kappa shape index (κ2) is 6.56. The van der Waals surface area contributed by atoms with Gasteiger partial charge in [-0.2, -0.15) is 5.10 Å². The van der Waals surface area contributed by atoms with Crippen LogP contribution in [0.1, 0.15) is 45.9 Å². The smallest absolute Gasteiger partial charge is 0.255 e. The highest BCUT2D eigenvalue weighted by Crippen LogP contribution is 2.44. The fourth-order valence-electron chi connectivity index (χ4n) is 3.07. The van der Waals surface area contributed by atoms with Gasteiger partial charge in [-0.05, 0) is 36.8 Å². The van der Waals surface area contributed by atoms with Crippen molar-refractivity contribution in [3.05, 3.63) is 51.6 Å². The van der Waals surface area contributed by atoms with Crippen molar-refractivity contribution < 1.29 is 9.18 Å². The van der Waals surface area contributed by atoms with Crippen LogP contribution >= 0.6 is 11.6 Å². The molecule has 4 rings (SSSR count). The number of aromatic amines is 1. The number of carbonyl (C=O) groups excluding carboxylic acids is 1. The minimum atomic E-state index is -0.645. The van der Waals surface area contributed by atoms with Crippen LogP contribution in [-0.2, 0) is 0 Å². The Morgan fingerprint density at radius 1 is 1.41 bits per heavy atom. The zero-order valence-corrected chi connectivity index (χ0v) is 15.1. The minimum Gasteiger partial charge on any atom is -0.371 e. The number of halogens is 2. The summed E-state index contributed by atoms with van der Waals surface area (Å²) < 4.78 is 14.2. The maximum Gasteiger partial charge on any atom is 0.255 e. The Morgan fingerprint density at radius 2 is 2.19 bits per heavy atom. The van der Waals surface area contributed by atoms with Crippen LogP contribution in [0.2, 0.25) is 5.02 Å². The Labute approximate surface area is 159 Å². The molecule has 0 aliphatic heterocycles. The molecule has 1 amide bonds. The number of hydrogen-bond acceptors (Lipinski definition) is 4. The first-order chi connectivity index (χ1) is 13.0. The number of H-pyrrole nitrogens is 1. The molecule has 1 fully saturated rings. The molecule has 6 nitrogen and oxygen atoms in total. The lowest BCUT2D eigenvalue weighted by Gasteiger charge is -2.08. The van der Waals surface area contributed by atoms with Gasteiger partial charge in [0.25, 0.3) is 5.91 Å². The van der Waals surface area contributed by atoms with Gasteiger partial charge in [0.05, 0.1) is 16.7 Å². The molecule has 2 aromatic heterocycles. The molecule has 0 saturated heterocycles. The molecule has 1 aliphatic rings. The van der Waals surface area contributed by atoms with E-state index >= 15 is 0 Å². The molecule has 2 heterocycles. The molecule has 8 heteroatoms. The number of carbonyl (C=O) groups is 1. The Kier molecular flexibility index (Phi) is 4.21. The number of benzene rings is 1. The molecule has 1 aromatic carbocycles. The second-order valence-corrected chi connectivity index (χ2v) is 6.74. The Balaban J connectivity index is 1.80. The third-order valence-electron chi connectivity index (χ3n) is 4.51. The number of nitrogens with two attached hydrogens (primary N) is 1. The highest BCUT2D eigenvalue weighted by Gasteiger charge is 2.29. The van der Waals surface area contributed by atoms with Gasteiger partial charge < -0.3 is 11.1 Å². The van der Waals surface area contributed by atoms with Gasteiger partial charge in [0.2, 0.25) is 0 Å². The quantitative estimate of drug-likeness (QED) is 0.605. The lowest BCUT2D eigenvalue weighted by molar-refractivity contribution is 0.100. The summed E-state index contributed by atoms with van der Waals surface area (Å²) in [6.07, 6.45) is 3.18. The summed E-state index contributed by atoms with van der Waals surface area (Å²) in [6.45, 7) is 0. The number of primary amides is 1. The molecule has 3 aromatic rings. The van der Waals surface area contributed by atoms with Gasteiger partial charge in [-0.1, -0.05) is 17.5 Å². The van der Waals surface area contributed by atoms with E-state index in [1.807, 2.05) is 0 Å². The largest absolute Gasteiger partial charge is 0.371 e. The SMILES string of the molecule is CNc1n[nH]c(C#Cc2cc3ncc(F)c(C4CC4)c3cc2Cl)c1C(N)=O. The fraction of sp³-hybridized carbons (Fsp3) is 0.211. The molecular weight excluding hydrogens is 369 g/mol. The second-order valence-electron chi connectivity index (χ2n) is 6.33. The third kappa shape index (κ3) is 3.09. The van der Waals surface area contributed by atoms with Crippen LogP contribution in [0.15, 0.2) is 18.3 Å². The summed E-state index contributed by atoms with van der Waals surface area (Å²) in [6, 6.07) is 3.42. The first-order valence-electron chi connectivity index (χ1n) is 8.35. The van der Waals surface area contributed by atoms with E-state index in [9.17, 15) is 9.18 Å². The predicted octanol–water partition coefficient (Wildman–Crippen LogP) is 3.17. The summed E-state index contributed by atoms with van der Waals surface area (Å²) >= 11 is 6.37. The van der Waals surface area contributed by atoms with Crippen LogP contribution in [0.25, 0.3) is 10.9 Å². The van der Waals surface area contributed by atoms with Gasteiger partial charge in [-0.25, -0.2) is 4.39 Å². The number of nitrogens with one attached hydrogen (secondary N) is 2. The average molecular weight is 384 g/mol. The van der Waals surface area contributed by atoms with Gasteiger partial charge in [-0.15, -0.1) is 0 Å². The maximum absolute atomic E-state index is 14.2. The van der Waals surface area contributed by atoms with Crippen molar-refractivity contribution in [2.24, 2.45) is 5.73 Å². The van der Waals surface area contributed by atoms with Gasteiger partial charge in [0.1, 0.15) is 17.1 Å². The number of fused-ring (bicyclic) bond motifs is 1. The number of aromatic nitrogens is 3. The van der Waals surface area contributed by atoms with Crippen molar-refractivity contribution >= 4 is 34.2 Å². The summed E-state index contributed by atoms with van der Waals surface area (Å²) in [5.41, 5.74) is 7.67. The van der Waals surface area contributed by atoms with Crippen molar-refractivity contribution in [3.63, 3.8) is 0 Å². The van der Waals surface area contributed by atoms with E-state index in [-0.39, 0.29) is 23.0 Å². The van der Waals surface area contributed by atoms with Crippen molar-refractivity contribution in [2.45, 2.75) is 18.8 Å². The predicted molar refractivity (Wildman–Crippen MR) is 101 cm³/mol. The van der Waals surface area contributed by atoms with Crippen LogP contribution in [0.5, 0.6) is 0 Å². The number of pyridine rings is 1. The number of amides is 1. The highest BCUT2D eigenvalue weighted by atomic mass is 35.5. The summed E-state index contributed by atoms with van der Waals surface area (Å²) in [5.74, 6) is 5.35. The average Bonchev–Trinajstić information content (AvgIpc) is 3.38. The molecule has 0 radical (unpaired) electrons. The monoisotopic (exact) mass is 383 g/mol. The Hall–Kier alpha value is -3.11. The van der Waals surface area contributed by atoms with E-state index in [4.69, 9.17) is 17.3 Å². The van der Waals surface area contributed by atoms with Gasteiger partial charge in [0.15, 0.2) is 5.82 Å². The third-order valence-corrected chi connectivity index (χ3v) is 4.82. The van der Waals surface area contributed by atoms with E-state index in [1.54, 1.807) is 19.2 Å². The van der Waals surface area contributed by atoms with Crippen LogP contribution in [-0.4, -0.2) is 28.1 Å². The van der Waals surface area contributed by atoms with Crippen LogP contribution in [0.4, 0.5) is 10.2 Å². The molecule has 0 unspecified atom stereocenters. The van der Waals surface area contributed by atoms with Gasteiger partial charge in [0, 0.05) is 23.6 Å². The van der Waals surface area contributed by atoms with Crippen molar-refractivity contribution in [2.75, 3.05) is 12.4 Å². The minimum absolute atomic E-state index is 0.179. The number of rotatable bonds is 3. The van der Waals surface area contributed by atoms with Crippen LogP contribution in [0, 0.1) is 17.7 Å². The zero-order valence-electron chi connectivity index (χ0n) is 14.4. The van der Waals surface area contributed by atoms with Crippen molar-refractivity contribution in [3.8, 4) is 11.8 Å². The summed E-state index contributed by atoms with van der Waals surface area (Å²) in [5, 5.41) is 10.5. The standard InChI is InChI=1S/C19H15ClFN5O/c1-23-19-17(18(22)27)14(25-26-19)5-4-10-6-15-11(7-12(10)20)16(9-2-3-9)13(21)8-24-15/h6-9H,2-3H2,1H3,(H2,22,27)(H2,23,25,26). The number of nitrogens with zero attached hydrogens (tertiary/aromatic N) is 2. The molecule has 27 heavy (non-hydrogen) atoms. The number of hydrogen-bond donors (Lipinski definition) is 3. The van der Waals surface area contributed by atoms with Crippen molar-refractivity contribution in [1.82, 2.24) is 15.2 Å². The van der Waals surface area contributed by atoms with E-state index in [0.29, 0.717) is 32.9 Å².